The topological polar surface area (TPSA) is 21.3 Å². The molecule has 1 unspecified atom stereocenters. The molecule has 0 aliphatic heterocycles. The number of rotatable bonds is 9. The highest BCUT2D eigenvalue weighted by molar-refractivity contribution is 5.25. The zero-order valence-electron chi connectivity index (χ0n) is 12.7. The molecule has 0 spiro atoms. The molecule has 0 aliphatic rings. The molecule has 0 amide bonds. The van der Waals surface area contributed by atoms with Gasteiger partial charge in [-0.25, -0.2) is 0 Å². The van der Waals surface area contributed by atoms with Crippen LogP contribution in [0.15, 0.2) is 24.3 Å². The minimum Gasteiger partial charge on any atom is -0.372 e. The molecular weight excluding hydrogens is 279 g/mol. The number of hydrogen-bond acceptors (Lipinski definition) is 2. The molecule has 1 rings (SSSR count). The van der Waals surface area contributed by atoms with Gasteiger partial charge in [-0.05, 0) is 49.9 Å². The van der Waals surface area contributed by atoms with Crippen LogP contribution in [-0.2, 0) is 11.2 Å². The molecule has 120 valence electrons. The first-order valence-electron chi connectivity index (χ1n) is 7.32. The van der Waals surface area contributed by atoms with Gasteiger partial charge in [0.1, 0.15) is 6.61 Å². The maximum atomic E-state index is 12.0. The van der Waals surface area contributed by atoms with Gasteiger partial charge in [0.05, 0.1) is 0 Å². The summed E-state index contributed by atoms with van der Waals surface area (Å²) in [6, 6.07) is 8.11. The SMILES string of the molecule is CCNCC(CCOCC(F)(F)F)Cc1ccccc1C. The van der Waals surface area contributed by atoms with Crippen LogP contribution < -0.4 is 5.32 Å². The Bertz CT molecular complexity index is 407. The summed E-state index contributed by atoms with van der Waals surface area (Å²) in [5.74, 6) is 0.277. The molecule has 1 aromatic rings. The van der Waals surface area contributed by atoms with Crippen LogP contribution in [0.5, 0.6) is 0 Å². The van der Waals surface area contributed by atoms with Crippen LogP contribution in [0.25, 0.3) is 0 Å². The minimum atomic E-state index is -4.24. The van der Waals surface area contributed by atoms with Crippen molar-refractivity contribution in [2.45, 2.75) is 32.9 Å². The van der Waals surface area contributed by atoms with E-state index in [0.29, 0.717) is 6.42 Å². The average molecular weight is 303 g/mol. The van der Waals surface area contributed by atoms with Crippen molar-refractivity contribution in [2.75, 3.05) is 26.3 Å². The Morgan fingerprint density at radius 2 is 1.95 bits per heavy atom. The number of halogens is 3. The number of benzene rings is 1. The molecule has 0 radical (unpaired) electrons. The number of nitrogens with one attached hydrogen (secondary N) is 1. The molecule has 0 aliphatic carbocycles. The maximum absolute atomic E-state index is 12.0. The van der Waals surface area contributed by atoms with Crippen molar-refractivity contribution in [2.24, 2.45) is 5.92 Å². The Balaban J connectivity index is 2.46. The second-order valence-electron chi connectivity index (χ2n) is 5.26. The van der Waals surface area contributed by atoms with E-state index in [1.807, 2.05) is 19.1 Å². The largest absolute Gasteiger partial charge is 0.411 e. The quantitative estimate of drug-likeness (QED) is 0.702. The Kier molecular flexibility index (Phi) is 7.75. The molecule has 0 aromatic heterocycles. The highest BCUT2D eigenvalue weighted by Crippen LogP contribution is 2.17. The van der Waals surface area contributed by atoms with E-state index in [4.69, 9.17) is 4.74 Å². The van der Waals surface area contributed by atoms with Crippen molar-refractivity contribution in [3.8, 4) is 0 Å². The van der Waals surface area contributed by atoms with E-state index >= 15 is 0 Å². The normalized spacial score (nSPS) is 13.4. The summed E-state index contributed by atoms with van der Waals surface area (Å²) < 4.78 is 40.9. The van der Waals surface area contributed by atoms with E-state index in [2.05, 4.69) is 24.4 Å². The molecule has 21 heavy (non-hydrogen) atoms. The highest BCUT2D eigenvalue weighted by Gasteiger charge is 2.27. The van der Waals surface area contributed by atoms with Gasteiger partial charge in [-0.15, -0.1) is 0 Å². The smallest absolute Gasteiger partial charge is 0.372 e. The summed E-state index contributed by atoms with van der Waals surface area (Å²) in [7, 11) is 0. The van der Waals surface area contributed by atoms with Crippen LogP contribution in [0.2, 0.25) is 0 Å². The Morgan fingerprint density at radius 1 is 1.24 bits per heavy atom. The first-order valence-corrected chi connectivity index (χ1v) is 7.32. The Labute approximate surface area is 124 Å². The minimum absolute atomic E-state index is 0.140. The molecule has 0 bridgehead atoms. The van der Waals surface area contributed by atoms with Crippen LogP contribution in [0.4, 0.5) is 13.2 Å². The monoisotopic (exact) mass is 303 g/mol. The molecule has 2 nitrogen and oxygen atoms in total. The van der Waals surface area contributed by atoms with E-state index in [9.17, 15) is 13.2 Å². The molecule has 1 atom stereocenters. The van der Waals surface area contributed by atoms with Gasteiger partial charge in [0.25, 0.3) is 0 Å². The van der Waals surface area contributed by atoms with Gasteiger partial charge in [-0.2, -0.15) is 13.2 Å². The molecule has 0 fully saturated rings. The van der Waals surface area contributed by atoms with Gasteiger partial charge in [0.15, 0.2) is 0 Å². The number of aryl methyl sites for hydroxylation is 1. The van der Waals surface area contributed by atoms with Gasteiger partial charge in [0.2, 0.25) is 0 Å². The van der Waals surface area contributed by atoms with E-state index in [0.717, 1.165) is 19.5 Å². The third kappa shape index (κ3) is 8.07. The zero-order valence-corrected chi connectivity index (χ0v) is 12.7. The molecule has 5 heteroatoms. The summed E-state index contributed by atoms with van der Waals surface area (Å²) in [6.07, 6.45) is -2.76. The molecule has 1 aromatic carbocycles. The van der Waals surface area contributed by atoms with Crippen molar-refractivity contribution in [1.29, 1.82) is 0 Å². The first kappa shape index (κ1) is 18.0. The summed E-state index contributed by atoms with van der Waals surface area (Å²) >= 11 is 0. The summed E-state index contributed by atoms with van der Waals surface area (Å²) in [5.41, 5.74) is 2.46. The third-order valence-corrected chi connectivity index (χ3v) is 3.39. The lowest BCUT2D eigenvalue weighted by atomic mass is 9.94. The van der Waals surface area contributed by atoms with Crippen LogP contribution in [-0.4, -0.2) is 32.5 Å². The Hall–Kier alpha value is -1.07. The molecule has 1 N–H and O–H groups in total. The van der Waals surface area contributed by atoms with Gasteiger partial charge in [-0.3, -0.25) is 0 Å². The summed E-state index contributed by atoms with van der Waals surface area (Å²) in [5, 5.41) is 3.27. The number of hydrogen-bond donors (Lipinski definition) is 1. The fraction of sp³-hybridized carbons (Fsp3) is 0.625. The first-order chi connectivity index (χ1) is 9.92. The van der Waals surface area contributed by atoms with Crippen molar-refractivity contribution in [1.82, 2.24) is 5.32 Å². The zero-order chi connectivity index (χ0) is 15.7. The lowest BCUT2D eigenvalue weighted by molar-refractivity contribution is -0.174. The molecular formula is C16H24F3NO. The summed E-state index contributed by atoms with van der Waals surface area (Å²) in [6.45, 7) is 4.70. The van der Waals surface area contributed by atoms with Crippen LogP contribution in [0.1, 0.15) is 24.5 Å². The number of ether oxygens (including phenoxy) is 1. The fourth-order valence-electron chi connectivity index (χ4n) is 2.21. The maximum Gasteiger partial charge on any atom is 0.411 e. The molecule has 0 saturated carbocycles. The van der Waals surface area contributed by atoms with Crippen molar-refractivity contribution < 1.29 is 17.9 Å². The van der Waals surface area contributed by atoms with Crippen molar-refractivity contribution in [3.05, 3.63) is 35.4 Å². The molecule has 0 saturated heterocycles. The third-order valence-electron chi connectivity index (χ3n) is 3.39. The summed E-state index contributed by atoms with van der Waals surface area (Å²) in [4.78, 5) is 0. The standard InChI is InChI=1S/C16H24F3NO/c1-3-20-11-14(8-9-21-12-16(17,18)19)10-15-7-5-4-6-13(15)2/h4-7,14,20H,3,8-12H2,1-2H3. The van der Waals surface area contributed by atoms with Gasteiger partial charge in [-0.1, -0.05) is 31.2 Å². The lowest BCUT2D eigenvalue weighted by Crippen LogP contribution is -2.26. The van der Waals surface area contributed by atoms with Crippen LogP contribution >= 0.6 is 0 Å². The van der Waals surface area contributed by atoms with Gasteiger partial charge in [0, 0.05) is 6.61 Å². The van der Waals surface area contributed by atoms with Gasteiger partial charge < -0.3 is 10.1 Å². The van der Waals surface area contributed by atoms with Crippen molar-refractivity contribution >= 4 is 0 Å². The predicted octanol–water partition coefficient (Wildman–Crippen LogP) is 3.73. The predicted molar refractivity (Wildman–Crippen MR) is 78.4 cm³/mol. The van der Waals surface area contributed by atoms with Gasteiger partial charge >= 0.3 is 6.18 Å². The van der Waals surface area contributed by atoms with E-state index < -0.39 is 12.8 Å². The lowest BCUT2D eigenvalue weighted by Gasteiger charge is -2.19. The second-order valence-corrected chi connectivity index (χ2v) is 5.26. The second kappa shape index (κ2) is 9.05. The molecule has 0 heterocycles. The van der Waals surface area contributed by atoms with Crippen LogP contribution in [0.3, 0.4) is 0 Å². The van der Waals surface area contributed by atoms with Crippen molar-refractivity contribution in [3.63, 3.8) is 0 Å². The van der Waals surface area contributed by atoms with E-state index in [-0.39, 0.29) is 12.5 Å². The number of alkyl halides is 3. The van der Waals surface area contributed by atoms with E-state index in [1.165, 1.54) is 11.1 Å². The van der Waals surface area contributed by atoms with Crippen LogP contribution in [0, 0.1) is 12.8 Å². The fourth-order valence-corrected chi connectivity index (χ4v) is 2.21. The Morgan fingerprint density at radius 3 is 2.57 bits per heavy atom. The highest BCUT2D eigenvalue weighted by atomic mass is 19.4. The average Bonchev–Trinajstić information content (AvgIpc) is 2.41. The van der Waals surface area contributed by atoms with E-state index in [1.54, 1.807) is 0 Å².